The zero-order valence-corrected chi connectivity index (χ0v) is 18.4. The van der Waals surface area contributed by atoms with E-state index in [0.717, 1.165) is 5.69 Å². The van der Waals surface area contributed by atoms with Crippen molar-refractivity contribution in [2.75, 3.05) is 18.9 Å². The van der Waals surface area contributed by atoms with Gasteiger partial charge in [0.25, 0.3) is 0 Å². The maximum Gasteiger partial charge on any atom is 0.387 e. The number of hydrogen-bond donors (Lipinski definition) is 3. The normalized spacial score (nSPS) is 10.9. The van der Waals surface area contributed by atoms with Gasteiger partial charge in [0, 0.05) is 37.8 Å². The minimum atomic E-state index is -2.89. The number of ether oxygens (including phenoxy) is 1. The van der Waals surface area contributed by atoms with Crippen molar-refractivity contribution < 1.29 is 18.3 Å². The molecule has 10 heteroatoms. The average Bonchev–Trinajstić information content (AvgIpc) is 2.65. The summed E-state index contributed by atoms with van der Waals surface area (Å²) in [6.45, 7) is -0.466. The van der Waals surface area contributed by atoms with Gasteiger partial charge in [-0.15, -0.1) is 24.0 Å². The van der Waals surface area contributed by atoms with E-state index < -0.39 is 6.61 Å². The molecule has 0 atom stereocenters. The number of alkyl halides is 2. The summed E-state index contributed by atoms with van der Waals surface area (Å²) in [5.74, 6) is 0.860. The van der Waals surface area contributed by atoms with E-state index in [9.17, 15) is 13.6 Å². The molecule has 2 aromatic rings. The number of benzene rings is 1. The Balaban J connectivity index is 0.00000420. The number of amides is 1. The molecule has 29 heavy (non-hydrogen) atoms. The molecule has 0 bridgehead atoms. The highest BCUT2D eigenvalue weighted by Gasteiger charge is 2.10. The highest BCUT2D eigenvalue weighted by atomic mass is 127. The smallest absolute Gasteiger partial charge is 0.387 e. The lowest BCUT2D eigenvalue weighted by Gasteiger charge is -2.14. The van der Waals surface area contributed by atoms with Crippen LogP contribution in [0.3, 0.4) is 0 Å². The monoisotopic (exact) mass is 519 g/mol. The molecule has 0 spiro atoms. The third-order valence-electron chi connectivity index (χ3n) is 3.66. The van der Waals surface area contributed by atoms with Crippen LogP contribution in [-0.4, -0.2) is 37.1 Å². The number of hydrogen-bond acceptors (Lipinski definition) is 4. The molecular formula is C19H24F2IN5O2. The number of rotatable bonds is 8. The number of carbonyl (C=O) groups excluding carboxylic acids is 1. The molecule has 3 N–H and O–H groups in total. The van der Waals surface area contributed by atoms with Crippen LogP contribution in [0.15, 0.2) is 47.5 Å². The number of guanidine groups is 1. The summed E-state index contributed by atoms with van der Waals surface area (Å²) in [5, 5.41) is 8.72. The van der Waals surface area contributed by atoms with Gasteiger partial charge in [-0.1, -0.05) is 24.3 Å². The lowest BCUT2D eigenvalue weighted by atomic mass is 10.2. The van der Waals surface area contributed by atoms with Gasteiger partial charge in [-0.3, -0.25) is 9.79 Å². The van der Waals surface area contributed by atoms with E-state index in [0.29, 0.717) is 23.9 Å². The maximum atomic E-state index is 12.5. The molecule has 1 amide bonds. The third kappa shape index (κ3) is 9.03. The van der Waals surface area contributed by atoms with Crippen molar-refractivity contribution in [1.29, 1.82) is 0 Å². The first-order valence-corrected chi connectivity index (χ1v) is 8.68. The van der Waals surface area contributed by atoms with Gasteiger partial charge in [0.2, 0.25) is 5.91 Å². The topological polar surface area (TPSA) is 87.6 Å². The lowest BCUT2D eigenvalue weighted by molar-refractivity contribution is -0.116. The van der Waals surface area contributed by atoms with E-state index >= 15 is 0 Å². The quantitative estimate of drug-likeness (QED) is 0.283. The molecule has 2 rings (SSSR count). The Labute approximate surface area is 185 Å². The zero-order chi connectivity index (χ0) is 20.4. The van der Waals surface area contributed by atoms with Gasteiger partial charge >= 0.3 is 6.61 Å². The van der Waals surface area contributed by atoms with Gasteiger partial charge in [0.15, 0.2) is 5.96 Å². The predicted molar refractivity (Wildman–Crippen MR) is 119 cm³/mol. The fourth-order valence-electron chi connectivity index (χ4n) is 2.37. The number of aryl methyl sites for hydroxylation is 1. The van der Waals surface area contributed by atoms with Crippen LogP contribution in [0.5, 0.6) is 5.75 Å². The van der Waals surface area contributed by atoms with E-state index in [-0.39, 0.29) is 48.6 Å². The van der Waals surface area contributed by atoms with Gasteiger partial charge in [0.1, 0.15) is 11.6 Å². The molecule has 0 fully saturated rings. The molecule has 0 saturated heterocycles. The van der Waals surface area contributed by atoms with Crippen LogP contribution in [0.1, 0.15) is 17.7 Å². The molecule has 1 aromatic carbocycles. The van der Waals surface area contributed by atoms with E-state index in [1.165, 1.54) is 6.07 Å². The third-order valence-corrected chi connectivity index (χ3v) is 3.66. The van der Waals surface area contributed by atoms with Gasteiger partial charge in [0.05, 0.1) is 0 Å². The van der Waals surface area contributed by atoms with Crippen LogP contribution in [0.2, 0.25) is 0 Å². The van der Waals surface area contributed by atoms with Crippen molar-refractivity contribution >= 4 is 41.7 Å². The number of pyridine rings is 1. The van der Waals surface area contributed by atoms with Crippen molar-refractivity contribution in [3.63, 3.8) is 0 Å². The Morgan fingerprint density at radius 3 is 2.62 bits per heavy atom. The molecule has 7 nitrogen and oxygen atoms in total. The Morgan fingerprint density at radius 2 is 1.93 bits per heavy atom. The fourth-order valence-corrected chi connectivity index (χ4v) is 2.37. The van der Waals surface area contributed by atoms with Crippen LogP contribution in [0.4, 0.5) is 14.6 Å². The Kier molecular flexibility index (Phi) is 10.9. The summed E-state index contributed by atoms with van der Waals surface area (Å²) in [6, 6.07) is 11.9. The summed E-state index contributed by atoms with van der Waals surface area (Å²) >= 11 is 0. The van der Waals surface area contributed by atoms with Crippen molar-refractivity contribution in [2.45, 2.75) is 26.5 Å². The second-order valence-corrected chi connectivity index (χ2v) is 5.80. The molecule has 1 aromatic heterocycles. The standard InChI is InChI=1S/C19H23F2N5O2.HI/c1-13-6-5-9-16(25-13)26-17(27)10-11-23-19(22-2)24-12-14-7-3-4-8-15(14)28-18(20)21;/h3-9,18H,10-12H2,1-2H3,(H2,22,23,24)(H,25,26,27);1H. The molecule has 158 valence electrons. The molecule has 0 saturated carbocycles. The summed E-state index contributed by atoms with van der Waals surface area (Å²) in [5.41, 5.74) is 1.38. The number of aromatic nitrogens is 1. The molecule has 1 heterocycles. The second-order valence-electron chi connectivity index (χ2n) is 5.80. The van der Waals surface area contributed by atoms with Crippen molar-refractivity contribution in [2.24, 2.45) is 4.99 Å². The van der Waals surface area contributed by atoms with Gasteiger partial charge in [-0.2, -0.15) is 8.78 Å². The first kappa shape index (κ1) is 24.5. The van der Waals surface area contributed by atoms with Gasteiger partial charge in [-0.25, -0.2) is 4.98 Å². The molecule has 0 aliphatic carbocycles. The summed E-state index contributed by atoms with van der Waals surface area (Å²) < 4.78 is 29.4. The van der Waals surface area contributed by atoms with Crippen LogP contribution in [0, 0.1) is 6.92 Å². The summed E-state index contributed by atoms with van der Waals surface area (Å²) in [7, 11) is 1.58. The van der Waals surface area contributed by atoms with Crippen molar-refractivity contribution in [1.82, 2.24) is 15.6 Å². The maximum absolute atomic E-state index is 12.5. The SMILES string of the molecule is CN=C(NCCC(=O)Nc1cccc(C)n1)NCc1ccccc1OC(F)F.I. The molecule has 0 aliphatic rings. The Morgan fingerprint density at radius 1 is 1.17 bits per heavy atom. The molecule has 0 unspecified atom stereocenters. The van der Waals surface area contributed by atoms with Crippen LogP contribution in [0.25, 0.3) is 0 Å². The summed E-state index contributed by atoms with van der Waals surface area (Å²) in [6.07, 6.45) is 0.210. The fraction of sp³-hybridized carbons (Fsp3) is 0.316. The molecule has 0 radical (unpaired) electrons. The molecule has 0 aliphatic heterocycles. The average molecular weight is 519 g/mol. The van der Waals surface area contributed by atoms with E-state index in [1.807, 2.05) is 19.1 Å². The van der Waals surface area contributed by atoms with Gasteiger partial charge in [-0.05, 0) is 25.1 Å². The van der Waals surface area contributed by atoms with Crippen LogP contribution < -0.4 is 20.7 Å². The van der Waals surface area contributed by atoms with E-state index in [1.54, 1.807) is 31.3 Å². The highest BCUT2D eigenvalue weighted by Crippen LogP contribution is 2.19. The second kappa shape index (κ2) is 12.9. The Hall–Kier alpha value is -2.50. The predicted octanol–water partition coefficient (Wildman–Crippen LogP) is 3.30. The first-order valence-electron chi connectivity index (χ1n) is 8.68. The van der Waals surface area contributed by atoms with Crippen molar-refractivity contribution in [3.05, 3.63) is 53.7 Å². The minimum Gasteiger partial charge on any atom is -0.434 e. The van der Waals surface area contributed by atoms with E-state index in [4.69, 9.17) is 0 Å². The number of aliphatic imine (C=N–C) groups is 1. The van der Waals surface area contributed by atoms with Crippen molar-refractivity contribution in [3.8, 4) is 5.75 Å². The van der Waals surface area contributed by atoms with Gasteiger partial charge < -0.3 is 20.7 Å². The lowest BCUT2D eigenvalue weighted by Crippen LogP contribution is -2.38. The first-order chi connectivity index (χ1) is 13.5. The summed E-state index contributed by atoms with van der Waals surface area (Å²) in [4.78, 5) is 20.2. The number of nitrogens with one attached hydrogen (secondary N) is 3. The minimum absolute atomic E-state index is 0. The van der Waals surface area contributed by atoms with Crippen LogP contribution >= 0.6 is 24.0 Å². The highest BCUT2D eigenvalue weighted by molar-refractivity contribution is 14.0. The zero-order valence-electron chi connectivity index (χ0n) is 16.1. The number of para-hydroxylation sites is 1. The number of halogens is 3. The van der Waals surface area contributed by atoms with E-state index in [2.05, 4.69) is 30.7 Å². The largest absolute Gasteiger partial charge is 0.434 e. The molecular weight excluding hydrogens is 495 g/mol. The number of anilines is 1. The van der Waals surface area contributed by atoms with Crippen LogP contribution in [-0.2, 0) is 11.3 Å². The number of carbonyl (C=O) groups is 1. The number of nitrogens with zero attached hydrogens (tertiary/aromatic N) is 2. The Bertz CT molecular complexity index is 821.